The van der Waals surface area contributed by atoms with Crippen LogP contribution in [0.25, 0.3) is 10.6 Å². The summed E-state index contributed by atoms with van der Waals surface area (Å²) >= 11 is 7.56. The molecule has 0 aliphatic carbocycles. The molecule has 1 aromatic heterocycles. The lowest BCUT2D eigenvalue weighted by molar-refractivity contribution is -0.148. The maximum Gasteiger partial charge on any atom is 0.329 e. The van der Waals surface area contributed by atoms with Gasteiger partial charge in [0.2, 0.25) is 0 Å². The second-order valence-electron chi connectivity index (χ2n) is 6.79. The summed E-state index contributed by atoms with van der Waals surface area (Å²) in [6, 6.07) is 15.7. The fourth-order valence-corrected chi connectivity index (χ4v) is 3.72. The van der Waals surface area contributed by atoms with Gasteiger partial charge in [-0.2, -0.15) is 0 Å². The second-order valence-corrected chi connectivity index (χ2v) is 8.06. The van der Waals surface area contributed by atoms with E-state index in [9.17, 15) is 9.59 Å². The molecule has 0 aliphatic heterocycles. The lowest BCUT2D eigenvalue weighted by atomic mass is 10.0. The molecule has 1 atom stereocenters. The number of esters is 1. The van der Waals surface area contributed by atoms with Crippen LogP contribution in [0.1, 0.15) is 29.9 Å². The molecule has 2 aromatic carbocycles. The Balaban J connectivity index is 1.62. The van der Waals surface area contributed by atoms with Gasteiger partial charge in [-0.25, -0.2) is 9.78 Å². The Morgan fingerprint density at radius 1 is 1.10 bits per heavy atom. The van der Waals surface area contributed by atoms with E-state index in [-0.39, 0.29) is 12.5 Å². The number of rotatable bonds is 7. The van der Waals surface area contributed by atoms with Gasteiger partial charge in [-0.1, -0.05) is 67.9 Å². The molecule has 0 saturated heterocycles. The van der Waals surface area contributed by atoms with Crippen LogP contribution in [0.15, 0.2) is 60.0 Å². The summed E-state index contributed by atoms with van der Waals surface area (Å²) in [4.78, 5) is 29.6. The molecule has 0 aliphatic rings. The van der Waals surface area contributed by atoms with Gasteiger partial charge in [0.15, 0.2) is 0 Å². The highest BCUT2D eigenvalue weighted by Crippen LogP contribution is 2.23. The van der Waals surface area contributed by atoms with Crippen molar-refractivity contribution in [2.24, 2.45) is 5.92 Å². The highest BCUT2D eigenvalue weighted by molar-refractivity contribution is 7.13. The van der Waals surface area contributed by atoms with Crippen molar-refractivity contribution < 1.29 is 14.3 Å². The third-order valence-corrected chi connectivity index (χ3v) is 5.53. The summed E-state index contributed by atoms with van der Waals surface area (Å²) in [7, 11) is 0. The Hall–Kier alpha value is -2.70. The molecule has 0 bridgehead atoms. The van der Waals surface area contributed by atoms with Crippen molar-refractivity contribution in [2.45, 2.75) is 26.5 Å². The van der Waals surface area contributed by atoms with Crippen LogP contribution in [0.2, 0.25) is 5.02 Å². The fraction of sp³-hybridized carbons (Fsp3) is 0.227. The zero-order chi connectivity index (χ0) is 20.8. The molecule has 3 rings (SSSR count). The Labute approximate surface area is 178 Å². The van der Waals surface area contributed by atoms with Gasteiger partial charge in [-0.05, 0) is 18.1 Å². The van der Waals surface area contributed by atoms with Gasteiger partial charge in [0.05, 0.1) is 16.3 Å². The normalized spacial score (nSPS) is 11.9. The fourth-order valence-electron chi connectivity index (χ4n) is 2.68. The van der Waals surface area contributed by atoms with Gasteiger partial charge in [0.25, 0.3) is 5.91 Å². The molecule has 0 spiro atoms. The summed E-state index contributed by atoms with van der Waals surface area (Å²) in [5.74, 6) is -1.06. The molecular weight excluding hydrogens is 408 g/mol. The molecule has 7 heteroatoms. The van der Waals surface area contributed by atoms with Gasteiger partial charge >= 0.3 is 5.97 Å². The van der Waals surface area contributed by atoms with E-state index < -0.39 is 17.9 Å². The number of hydrogen-bond donors (Lipinski definition) is 1. The first-order valence-corrected chi connectivity index (χ1v) is 10.4. The van der Waals surface area contributed by atoms with Crippen LogP contribution >= 0.6 is 22.9 Å². The van der Waals surface area contributed by atoms with E-state index in [1.54, 1.807) is 24.3 Å². The Morgan fingerprint density at radius 2 is 1.79 bits per heavy atom. The summed E-state index contributed by atoms with van der Waals surface area (Å²) in [5, 5.41) is 5.78. The zero-order valence-electron chi connectivity index (χ0n) is 16.1. The molecule has 0 fully saturated rings. The van der Waals surface area contributed by atoms with E-state index >= 15 is 0 Å². The summed E-state index contributed by atoms with van der Waals surface area (Å²) in [6.07, 6.45) is 0. The van der Waals surface area contributed by atoms with Crippen molar-refractivity contribution in [3.63, 3.8) is 0 Å². The summed E-state index contributed by atoms with van der Waals surface area (Å²) < 4.78 is 5.43. The number of nitrogens with one attached hydrogen (secondary N) is 1. The number of halogens is 1. The first-order chi connectivity index (χ1) is 14.0. The molecule has 0 unspecified atom stereocenters. The third-order valence-electron chi connectivity index (χ3n) is 4.26. The van der Waals surface area contributed by atoms with Crippen LogP contribution in [-0.4, -0.2) is 22.9 Å². The van der Waals surface area contributed by atoms with Crippen LogP contribution < -0.4 is 5.32 Å². The van der Waals surface area contributed by atoms with Crippen LogP contribution in [-0.2, 0) is 16.1 Å². The highest BCUT2D eigenvalue weighted by Gasteiger charge is 2.27. The maximum atomic E-state index is 12.6. The number of hydrogen-bond acceptors (Lipinski definition) is 5. The van der Waals surface area contributed by atoms with Crippen LogP contribution in [0.3, 0.4) is 0 Å². The Kier molecular flexibility index (Phi) is 7.01. The van der Waals surface area contributed by atoms with E-state index in [2.05, 4.69) is 10.3 Å². The molecule has 1 heterocycles. The lowest BCUT2D eigenvalue weighted by Gasteiger charge is -2.21. The third kappa shape index (κ3) is 5.43. The zero-order valence-corrected chi connectivity index (χ0v) is 17.7. The predicted octanol–water partition coefficient (Wildman–Crippen LogP) is 4.96. The number of carbonyl (C=O) groups is 2. The minimum atomic E-state index is -0.786. The quantitative estimate of drug-likeness (QED) is 0.540. The average molecular weight is 429 g/mol. The number of aromatic nitrogens is 1. The summed E-state index contributed by atoms with van der Waals surface area (Å²) in [5.41, 5.74) is 2.00. The van der Waals surface area contributed by atoms with Crippen molar-refractivity contribution in [1.82, 2.24) is 10.3 Å². The molecule has 29 heavy (non-hydrogen) atoms. The van der Waals surface area contributed by atoms with E-state index in [0.29, 0.717) is 16.3 Å². The highest BCUT2D eigenvalue weighted by atomic mass is 35.5. The van der Waals surface area contributed by atoms with Gasteiger partial charge in [0, 0.05) is 10.9 Å². The summed E-state index contributed by atoms with van der Waals surface area (Å²) in [6.45, 7) is 3.73. The van der Waals surface area contributed by atoms with Gasteiger partial charge < -0.3 is 10.1 Å². The average Bonchev–Trinajstić information content (AvgIpc) is 3.20. The molecule has 0 saturated carbocycles. The topological polar surface area (TPSA) is 68.3 Å². The van der Waals surface area contributed by atoms with E-state index in [4.69, 9.17) is 16.3 Å². The number of nitrogens with zero attached hydrogens (tertiary/aromatic N) is 1. The molecule has 1 N–H and O–H groups in total. The lowest BCUT2D eigenvalue weighted by Crippen LogP contribution is -2.45. The molecule has 1 amide bonds. The van der Waals surface area contributed by atoms with Crippen molar-refractivity contribution >= 4 is 34.8 Å². The van der Waals surface area contributed by atoms with Gasteiger partial charge in [-0.15, -0.1) is 11.3 Å². The van der Waals surface area contributed by atoms with E-state index in [1.807, 2.05) is 49.6 Å². The standard InChI is InChI=1S/C22H21ClN2O3S/c1-14(2)19(25-20(26)17-10-6-7-11-18(17)23)22(27)28-12-16-13-29-21(24-16)15-8-4-3-5-9-15/h3-11,13-14,19H,12H2,1-2H3,(H,25,26)/t19-/m0/s1. The molecule has 3 aromatic rings. The molecule has 150 valence electrons. The van der Waals surface area contributed by atoms with Crippen molar-refractivity contribution in [3.05, 3.63) is 76.3 Å². The largest absolute Gasteiger partial charge is 0.458 e. The minimum absolute atomic E-state index is 0.0490. The Bertz CT molecular complexity index is 988. The monoisotopic (exact) mass is 428 g/mol. The number of ether oxygens (including phenoxy) is 1. The SMILES string of the molecule is CC(C)[C@H](NC(=O)c1ccccc1Cl)C(=O)OCc1csc(-c2ccccc2)n1. The minimum Gasteiger partial charge on any atom is -0.458 e. The number of carbonyl (C=O) groups excluding carboxylic acids is 2. The molecule has 5 nitrogen and oxygen atoms in total. The predicted molar refractivity (Wildman–Crippen MR) is 115 cm³/mol. The number of benzene rings is 2. The number of thiazole rings is 1. The van der Waals surface area contributed by atoms with Crippen molar-refractivity contribution in [3.8, 4) is 10.6 Å². The maximum absolute atomic E-state index is 12.6. The second kappa shape index (κ2) is 9.67. The molecule has 0 radical (unpaired) electrons. The van der Waals surface area contributed by atoms with Crippen molar-refractivity contribution in [2.75, 3.05) is 0 Å². The van der Waals surface area contributed by atoms with Gasteiger partial charge in [-0.3, -0.25) is 4.79 Å². The van der Waals surface area contributed by atoms with Crippen LogP contribution in [0.5, 0.6) is 0 Å². The number of amides is 1. The smallest absolute Gasteiger partial charge is 0.329 e. The first-order valence-electron chi connectivity index (χ1n) is 9.17. The first kappa shape index (κ1) is 21.0. The van der Waals surface area contributed by atoms with Crippen LogP contribution in [0.4, 0.5) is 0 Å². The molecular formula is C22H21ClN2O3S. The Morgan fingerprint density at radius 3 is 2.48 bits per heavy atom. The van der Waals surface area contributed by atoms with Crippen molar-refractivity contribution in [1.29, 1.82) is 0 Å². The van der Waals surface area contributed by atoms with E-state index in [1.165, 1.54) is 11.3 Å². The van der Waals surface area contributed by atoms with Crippen LogP contribution in [0, 0.1) is 5.92 Å². The van der Waals surface area contributed by atoms with Gasteiger partial charge in [0.1, 0.15) is 17.7 Å². The van der Waals surface area contributed by atoms with E-state index in [0.717, 1.165) is 10.6 Å².